The van der Waals surface area contributed by atoms with Crippen LogP contribution < -0.4 is 4.72 Å². The van der Waals surface area contributed by atoms with E-state index in [1.165, 1.54) is 43.3 Å². The van der Waals surface area contributed by atoms with Crippen molar-refractivity contribution in [3.8, 4) is 11.3 Å². The molecular formula is C19H16F3N3O4S2. The topological polar surface area (TPSA) is 106 Å². The third-order valence-corrected chi connectivity index (χ3v) is 7.29. The van der Waals surface area contributed by atoms with Gasteiger partial charge in [-0.15, -0.1) is 10.2 Å². The van der Waals surface area contributed by atoms with Gasteiger partial charge in [-0.05, 0) is 36.4 Å². The Morgan fingerprint density at radius 1 is 0.903 bits per heavy atom. The first-order chi connectivity index (χ1) is 14.4. The quantitative estimate of drug-likeness (QED) is 0.587. The molecule has 0 aliphatic rings. The van der Waals surface area contributed by atoms with Crippen molar-refractivity contribution in [3.63, 3.8) is 0 Å². The molecule has 0 bridgehead atoms. The summed E-state index contributed by atoms with van der Waals surface area (Å²) in [6, 6.07) is 12.3. The highest BCUT2D eigenvalue weighted by molar-refractivity contribution is 7.92. The van der Waals surface area contributed by atoms with Gasteiger partial charge in [0.15, 0.2) is 14.9 Å². The maximum absolute atomic E-state index is 13.2. The summed E-state index contributed by atoms with van der Waals surface area (Å²) in [5, 5.41) is 7.34. The molecule has 1 N–H and O–H groups in total. The molecule has 0 unspecified atom stereocenters. The maximum Gasteiger partial charge on any atom is 0.417 e. The maximum atomic E-state index is 13.2. The summed E-state index contributed by atoms with van der Waals surface area (Å²) >= 11 is 0. The highest BCUT2D eigenvalue weighted by atomic mass is 32.2. The molecular weight excluding hydrogens is 455 g/mol. The number of aromatic nitrogens is 2. The van der Waals surface area contributed by atoms with Gasteiger partial charge in [0.1, 0.15) is 0 Å². The second-order valence-electron chi connectivity index (χ2n) is 6.34. The highest BCUT2D eigenvalue weighted by Gasteiger charge is 2.36. The van der Waals surface area contributed by atoms with Gasteiger partial charge in [0.05, 0.1) is 21.9 Å². The molecule has 0 atom stereocenters. The number of nitrogens with zero attached hydrogens (tertiary/aromatic N) is 2. The molecule has 0 saturated heterocycles. The molecule has 0 aliphatic heterocycles. The van der Waals surface area contributed by atoms with E-state index in [0.717, 1.165) is 12.1 Å². The zero-order valence-electron chi connectivity index (χ0n) is 16.0. The van der Waals surface area contributed by atoms with Crippen LogP contribution in [0.5, 0.6) is 0 Å². The van der Waals surface area contributed by atoms with Gasteiger partial charge in [0, 0.05) is 11.3 Å². The second-order valence-corrected chi connectivity index (χ2v) is 10.2. The summed E-state index contributed by atoms with van der Waals surface area (Å²) in [7, 11) is -8.07. The Hall–Kier alpha value is -2.99. The third kappa shape index (κ3) is 5.02. The van der Waals surface area contributed by atoms with Crippen molar-refractivity contribution in [1.29, 1.82) is 0 Å². The minimum atomic E-state index is -4.84. The van der Waals surface area contributed by atoms with E-state index in [1.54, 1.807) is 6.07 Å². The predicted molar refractivity (Wildman–Crippen MR) is 107 cm³/mol. The fraction of sp³-hybridized carbons (Fsp3) is 0.158. The Morgan fingerprint density at radius 3 is 2.23 bits per heavy atom. The van der Waals surface area contributed by atoms with E-state index in [2.05, 4.69) is 14.9 Å². The second kappa shape index (κ2) is 8.27. The van der Waals surface area contributed by atoms with Crippen LogP contribution in [0.4, 0.5) is 18.9 Å². The third-order valence-electron chi connectivity index (χ3n) is 4.23. The summed E-state index contributed by atoms with van der Waals surface area (Å²) in [6.45, 7) is 1.47. The van der Waals surface area contributed by atoms with Crippen molar-refractivity contribution >= 4 is 25.5 Å². The van der Waals surface area contributed by atoms with Crippen molar-refractivity contribution in [3.05, 3.63) is 66.2 Å². The Morgan fingerprint density at radius 2 is 1.61 bits per heavy atom. The summed E-state index contributed by atoms with van der Waals surface area (Å²) in [4.78, 5) is -0.901. The van der Waals surface area contributed by atoms with E-state index in [4.69, 9.17) is 0 Å². The number of anilines is 1. The van der Waals surface area contributed by atoms with Crippen LogP contribution in [-0.4, -0.2) is 32.8 Å². The van der Waals surface area contributed by atoms with Crippen LogP contribution in [-0.2, 0) is 26.0 Å². The van der Waals surface area contributed by atoms with E-state index in [9.17, 15) is 30.0 Å². The van der Waals surface area contributed by atoms with Gasteiger partial charge in [-0.25, -0.2) is 16.8 Å². The first-order valence-corrected chi connectivity index (χ1v) is 11.9. The van der Waals surface area contributed by atoms with Crippen molar-refractivity contribution in [2.75, 3.05) is 10.5 Å². The number of sulfone groups is 1. The summed E-state index contributed by atoms with van der Waals surface area (Å²) in [6.07, 6.45) is -4.84. The SMILES string of the molecule is CCS(=O)(=O)c1ccc(-c2cccc(NS(=O)(=O)c3ccccc3C(F)(F)F)c2)nn1. The fourth-order valence-electron chi connectivity index (χ4n) is 2.68. The molecule has 0 fully saturated rings. The average molecular weight is 471 g/mol. The lowest BCUT2D eigenvalue weighted by Crippen LogP contribution is -2.18. The zero-order chi connectivity index (χ0) is 22.9. The minimum absolute atomic E-state index is 0.00142. The first kappa shape index (κ1) is 22.7. The summed E-state index contributed by atoms with van der Waals surface area (Å²) in [5.74, 6) is -0.141. The van der Waals surface area contributed by atoms with E-state index in [-0.39, 0.29) is 22.2 Å². The van der Waals surface area contributed by atoms with Crippen LogP contribution >= 0.6 is 0 Å². The van der Waals surface area contributed by atoms with E-state index in [0.29, 0.717) is 11.6 Å². The number of hydrogen-bond donors (Lipinski definition) is 1. The lowest BCUT2D eigenvalue weighted by atomic mass is 10.1. The van der Waals surface area contributed by atoms with Crippen LogP contribution in [0.15, 0.2) is 70.6 Å². The Balaban J connectivity index is 1.93. The summed E-state index contributed by atoms with van der Waals surface area (Å²) < 4.78 is 90.6. The van der Waals surface area contributed by atoms with Gasteiger partial charge < -0.3 is 0 Å². The van der Waals surface area contributed by atoms with Crippen LogP contribution in [0.25, 0.3) is 11.3 Å². The number of halogens is 3. The number of sulfonamides is 1. The molecule has 0 aliphatic carbocycles. The zero-order valence-corrected chi connectivity index (χ0v) is 17.6. The Kier molecular flexibility index (Phi) is 6.05. The highest BCUT2D eigenvalue weighted by Crippen LogP contribution is 2.34. The number of hydrogen-bond acceptors (Lipinski definition) is 6. The molecule has 0 amide bonds. The standard InChI is InChI=1S/C19H16F3N3O4S2/c1-2-30(26,27)18-11-10-16(23-24-18)13-6-5-7-14(12-13)25-31(28,29)17-9-4-3-8-15(17)19(20,21)22/h3-12,25H,2H2,1H3. The van der Waals surface area contributed by atoms with Crippen molar-refractivity contribution in [1.82, 2.24) is 10.2 Å². The van der Waals surface area contributed by atoms with Gasteiger partial charge in [-0.2, -0.15) is 13.2 Å². The lowest BCUT2D eigenvalue weighted by molar-refractivity contribution is -0.139. The van der Waals surface area contributed by atoms with E-state index in [1.807, 2.05) is 0 Å². The smallest absolute Gasteiger partial charge is 0.280 e. The van der Waals surface area contributed by atoms with Gasteiger partial charge in [0.2, 0.25) is 0 Å². The fourth-order valence-corrected chi connectivity index (χ4v) is 4.69. The van der Waals surface area contributed by atoms with Gasteiger partial charge in [-0.3, -0.25) is 4.72 Å². The normalized spacial score (nSPS) is 12.5. The monoisotopic (exact) mass is 471 g/mol. The number of nitrogens with one attached hydrogen (secondary N) is 1. The van der Waals surface area contributed by atoms with Crippen LogP contribution in [0.2, 0.25) is 0 Å². The lowest BCUT2D eigenvalue weighted by Gasteiger charge is -2.14. The van der Waals surface area contributed by atoms with E-state index < -0.39 is 36.5 Å². The van der Waals surface area contributed by atoms with Crippen LogP contribution in [0.3, 0.4) is 0 Å². The molecule has 3 rings (SSSR count). The molecule has 0 spiro atoms. The van der Waals surface area contributed by atoms with E-state index >= 15 is 0 Å². The van der Waals surface area contributed by atoms with Crippen molar-refractivity contribution in [2.24, 2.45) is 0 Å². The molecule has 1 heterocycles. The molecule has 0 radical (unpaired) electrons. The number of rotatable bonds is 6. The minimum Gasteiger partial charge on any atom is -0.280 e. The molecule has 7 nitrogen and oxygen atoms in total. The number of alkyl halides is 3. The molecule has 31 heavy (non-hydrogen) atoms. The molecule has 2 aromatic carbocycles. The Bertz CT molecular complexity index is 1310. The van der Waals surface area contributed by atoms with Gasteiger partial charge in [-0.1, -0.05) is 31.2 Å². The van der Waals surface area contributed by atoms with Crippen molar-refractivity contribution < 1.29 is 30.0 Å². The first-order valence-electron chi connectivity index (χ1n) is 8.80. The number of benzene rings is 2. The molecule has 0 saturated carbocycles. The molecule has 1 aromatic heterocycles. The van der Waals surface area contributed by atoms with Gasteiger partial charge in [0.25, 0.3) is 10.0 Å². The molecule has 12 heteroatoms. The molecule has 3 aromatic rings. The largest absolute Gasteiger partial charge is 0.417 e. The Labute approximate surface area is 176 Å². The van der Waals surface area contributed by atoms with Gasteiger partial charge >= 0.3 is 6.18 Å². The van der Waals surface area contributed by atoms with Crippen molar-refractivity contribution in [2.45, 2.75) is 23.0 Å². The summed E-state index contributed by atoms with van der Waals surface area (Å²) in [5.41, 5.74) is -0.636. The average Bonchev–Trinajstić information content (AvgIpc) is 2.73. The molecule has 164 valence electrons. The van der Waals surface area contributed by atoms with Crippen LogP contribution in [0, 0.1) is 0 Å². The predicted octanol–water partition coefficient (Wildman–Crippen LogP) is 3.76. The van der Waals surface area contributed by atoms with Crippen LogP contribution in [0.1, 0.15) is 12.5 Å².